The fourth-order valence-corrected chi connectivity index (χ4v) is 3.19. The zero-order valence-corrected chi connectivity index (χ0v) is 15.5. The standard InChI is InChI=1S/C20H17F2NO3S/c1-12-3-6-17(18(7-12)25-2)26-10-13-8-19(27-11-13)20(24)23-16-5-4-14(21)9-15(16)22/h3-9,11H,10H2,1-2H3,(H,23,24). The Hall–Kier alpha value is -2.93. The first-order chi connectivity index (χ1) is 13.0. The number of benzene rings is 2. The summed E-state index contributed by atoms with van der Waals surface area (Å²) in [6.45, 7) is 2.22. The van der Waals surface area contributed by atoms with Gasteiger partial charge in [-0.1, -0.05) is 6.07 Å². The average Bonchev–Trinajstić information content (AvgIpc) is 3.12. The van der Waals surface area contributed by atoms with Gasteiger partial charge in [0.1, 0.15) is 18.2 Å². The molecule has 0 unspecified atom stereocenters. The summed E-state index contributed by atoms with van der Waals surface area (Å²) in [5.74, 6) is -0.754. The maximum atomic E-state index is 13.7. The van der Waals surface area contributed by atoms with Crippen molar-refractivity contribution in [3.8, 4) is 11.5 Å². The fourth-order valence-electron chi connectivity index (χ4n) is 2.40. The van der Waals surface area contributed by atoms with Crippen LogP contribution in [0.4, 0.5) is 14.5 Å². The molecule has 3 rings (SSSR count). The Morgan fingerprint density at radius 3 is 2.67 bits per heavy atom. The lowest BCUT2D eigenvalue weighted by Crippen LogP contribution is -2.11. The van der Waals surface area contributed by atoms with Gasteiger partial charge in [-0.25, -0.2) is 8.78 Å². The number of rotatable bonds is 6. The van der Waals surface area contributed by atoms with Gasteiger partial charge in [-0.05, 0) is 48.2 Å². The van der Waals surface area contributed by atoms with Crippen LogP contribution in [0.3, 0.4) is 0 Å². The Morgan fingerprint density at radius 1 is 1.11 bits per heavy atom. The van der Waals surface area contributed by atoms with E-state index in [0.717, 1.165) is 23.3 Å². The molecule has 0 atom stereocenters. The minimum atomic E-state index is -0.824. The van der Waals surface area contributed by atoms with Gasteiger partial charge in [0.2, 0.25) is 0 Å². The number of hydrogen-bond acceptors (Lipinski definition) is 4. The number of amides is 1. The number of halogens is 2. The summed E-state index contributed by atoms with van der Waals surface area (Å²) < 4.78 is 37.7. The number of carbonyl (C=O) groups is 1. The number of methoxy groups -OCH3 is 1. The highest BCUT2D eigenvalue weighted by Crippen LogP contribution is 2.29. The van der Waals surface area contributed by atoms with Gasteiger partial charge in [0, 0.05) is 11.6 Å². The third-order valence-corrected chi connectivity index (χ3v) is 4.75. The average molecular weight is 389 g/mol. The lowest BCUT2D eigenvalue weighted by atomic mass is 10.2. The predicted molar refractivity (Wildman–Crippen MR) is 101 cm³/mol. The van der Waals surface area contributed by atoms with Crippen molar-refractivity contribution in [2.75, 3.05) is 12.4 Å². The molecule has 0 fully saturated rings. The first-order valence-corrected chi connectivity index (χ1v) is 8.95. The van der Waals surface area contributed by atoms with Crippen molar-refractivity contribution in [2.24, 2.45) is 0 Å². The Bertz CT molecular complexity index is 972. The molecule has 0 saturated heterocycles. The summed E-state index contributed by atoms with van der Waals surface area (Å²) in [5.41, 5.74) is 1.78. The van der Waals surface area contributed by atoms with Crippen LogP contribution in [0, 0.1) is 18.6 Å². The highest BCUT2D eigenvalue weighted by Gasteiger charge is 2.13. The highest BCUT2D eigenvalue weighted by atomic mass is 32.1. The molecule has 0 saturated carbocycles. The van der Waals surface area contributed by atoms with Crippen LogP contribution in [-0.4, -0.2) is 13.0 Å². The third kappa shape index (κ3) is 4.62. The molecule has 2 aromatic carbocycles. The van der Waals surface area contributed by atoms with E-state index in [1.165, 1.54) is 17.4 Å². The summed E-state index contributed by atoms with van der Waals surface area (Å²) in [6, 6.07) is 10.3. The Kier molecular flexibility index (Phi) is 5.71. The van der Waals surface area contributed by atoms with Crippen molar-refractivity contribution >= 4 is 22.9 Å². The van der Waals surface area contributed by atoms with Crippen LogP contribution in [0.25, 0.3) is 0 Å². The molecule has 1 aromatic heterocycles. The molecule has 0 aliphatic heterocycles. The van der Waals surface area contributed by atoms with Crippen molar-refractivity contribution < 1.29 is 23.0 Å². The Balaban J connectivity index is 1.65. The number of thiophene rings is 1. The van der Waals surface area contributed by atoms with Gasteiger partial charge in [-0.3, -0.25) is 4.79 Å². The first kappa shape index (κ1) is 18.8. The van der Waals surface area contributed by atoms with Gasteiger partial charge in [0.15, 0.2) is 11.5 Å². The molecule has 140 valence electrons. The second-order valence-electron chi connectivity index (χ2n) is 5.84. The summed E-state index contributed by atoms with van der Waals surface area (Å²) in [4.78, 5) is 12.7. The number of ether oxygens (including phenoxy) is 2. The number of aryl methyl sites for hydroxylation is 1. The molecule has 1 amide bonds. The highest BCUT2D eigenvalue weighted by molar-refractivity contribution is 7.12. The molecular formula is C20H17F2NO3S. The Labute approximate surface area is 159 Å². The maximum absolute atomic E-state index is 13.7. The number of carbonyl (C=O) groups excluding carboxylic acids is 1. The molecule has 0 spiro atoms. The van der Waals surface area contributed by atoms with Crippen molar-refractivity contribution in [3.63, 3.8) is 0 Å². The number of hydrogen-bond donors (Lipinski definition) is 1. The number of anilines is 1. The Morgan fingerprint density at radius 2 is 1.93 bits per heavy atom. The topological polar surface area (TPSA) is 47.6 Å². The van der Waals surface area contributed by atoms with E-state index in [4.69, 9.17) is 9.47 Å². The molecule has 1 N–H and O–H groups in total. The zero-order valence-electron chi connectivity index (χ0n) is 14.7. The summed E-state index contributed by atoms with van der Waals surface area (Å²) in [6.07, 6.45) is 0. The van der Waals surface area contributed by atoms with Crippen molar-refractivity contribution in [1.29, 1.82) is 0 Å². The molecule has 0 aliphatic rings. The van der Waals surface area contributed by atoms with Gasteiger partial charge in [0.05, 0.1) is 17.7 Å². The molecule has 0 bridgehead atoms. The normalized spacial score (nSPS) is 10.5. The molecule has 0 aliphatic carbocycles. The van der Waals surface area contributed by atoms with Crippen LogP contribution in [-0.2, 0) is 6.61 Å². The van der Waals surface area contributed by atoms with E-state index in [-0.39, 0.29) is 12.3 Å². The largest absolute Gasteiger partial charge is 0.493 e. The van der Waals surface area contributed by atoms with Gasteiger partial charge in [0.25, 0.3) is 5.91 Å². The van der Waals surface area contributed by atoms with Crippen LogP contribution < -0.4 is 14.8 Å². The fraction of sp³-hybridized carbons (Fsp3) is 0.150. The van der Waals surface area contributed by atoms with Crippen molar-refractivity contribution in [2.45, 2.75) is 13.5 Å². The molecular weight excluding hydrogens is 372 g/mol. The van der Waals surface area contributed by atoms with E-state index in [2.05, 4.69) is 5.32 Å². The molecule has 27 heavy (non-hydrogen) atoms. The van der Waals surface area contributed by atoms with Crippen molar-refractivity contribution in [3.05, 3.63) is 75.5 Å². The second-order valence-corrected chi connectivity index (χ2v) is 6.75. The van der Waals surface area contributed by atoms with Crippen LogP contribution in [0.15, 0.2) is 47.8 Å². The summed E-state index contributed by atoms with van der Waals surface area (Å²) >= 11 is 1.21. The van der Waals surface area contributed by atoms with Crippen LogP contribution in [0.5, 0.6) is 11.5 Å². The van der Waals surface area contributed by atoms with Gasteiger partial charge in [-0.2, -0.15) is 0 Å². The zero-order chi connectivity index (χ0) is 19.4. The quantitative estimate of drug-likeness (QED) is 0.632. The van der Waals surface area contributed by atoms with Crippen LogP contribution in [0.2, 0.25) is 0 Å². The molecule has 7 heteroatoms. The predicted octanol–water partition coefficient (Wildman–Crippen LogP) is 5.17. The third-order valence-electron chi connectivity index (χ3n) is 3.77. The van der Waals surface area contributed by atoms with E-state index < -0.39 is 17.5 Å². The van der Waals surface area contributed by atoms with Crippen molar-refractivity contribution in [1.82, 2.24) is 0 Å². The SMILES string of the molecule is COc1cc(C)ccc1OCc1csc(C(=O)Nc2ccc(F)cc2F)c1. The van der Waals surface area contributed by atoms with E-state index in [1.54, 1.807) is 18.6 Å². The van der Waals surface area contributed by atoms with Crippen LogP contribution >= 0.6 is 11.3 Å². The molecule has 4 nitrogen and oxygen atoms in total. The first-order valence-electron chi connectivity index (χ1n) is 8.07. The smallest absolute Gasteiger partial charge is 0.265 e. The lowest BCUT2D eigenvalue weighted by Gasteiger charge is -2.10. The van der Waals surface area contributed by atoms with Gasteiger partial charge in [-0.15, -0.1) is 11.3 Å². The lowest BCUT2D eigenvalue weighted by molar-refractivity contribution is 0.103. The number of nitrogens with one attached hydrogen (secondary N) is 1. The summed E-state index contributed by atoms with van der Waals surface area (Å²) in [7, 11) is 1.57. The second kappa shape index (κ2) is 8.18. The van der Waals surface area contributed by atoms with E-state index in [9.17, 15) is 13.6 Å². The molecule has 3 aromatic rings. The van der Waals surface area contributed by atoms with E-state index in [1.807, 2.05) is 25.1 Å². The summed E-state index contributed by atoms with van der Waals surface area (Å²) in [5, 5.41) is 4.22. The van der Waals surface area contributed by atoms with Crippen LogP contribution in [0.1, 0.15) is 20.8 Å². The van der Waals surface area contributed by atoms with E-state index in [0.29, 0.717) is 16.4 Å². The maximum Gasteiger partial charge on any atom is 0.265 e. The molecule has 0 radical (unpaired) electrons. The minimum Gasteiger partial charge on any atom is -0.493 e. The van der Waals surface area contributed by atoms with Gasteiger partial charge >= 0.3 is 0 Å². The van der Waals surface area contributed by atoms with Gasteiger partial charge < -0.3 is 14.8 Å². The van der Waals surface area contributed by atoms with E-state index >= 15 is 0 Å². The molecule has 1 heterocycles. The minimum absolute atomic E-state index is 0.0722. The monoisotopic (exact) mass is 389 g/mol.